The summed E-state index contributed by atoms with van der Waals surface area (Å²) < 4.78 is 3.00. The van der Waals surface area contributed by atoms with Crippen molar-refractivity contribution in [2.45, 2.75) is 25.0 Å². The van der Waals surface area contributed by atoms with Crippen molar-refractivity contribution in [2.75, 3.05) is 13.1 Å². The number of amides is 1. The van der Waals surface area contributed by atoms with Gasteiger partial charge < -0.3 is 14.6 Å². The monoisotopic (exact) mass is 446 g/mol. The van der Waals surface area contributed by atoms with Crippen LogP contribution in [0.5, 0.6) is 0 Å². The lowest BCUT2D eigenvalue weighted by Crippen LogP contribution is -2.46. The van der Waals surface area contributed by atoms with Crippen molar-refractivity contribution in [1.82, 2.24) is 9.47 Å². The fraction of sp³-hybridized carbons (Fsp3) is 0.286. The Kier molecular flexibility index (Phi) is 5.01. The molecule has 1 fully saturated rings. The minimum atomic E-state index is -0.895. The SMILES string of the molecule is O=C(Cn1ccc2cc(Br)ccc21)N1CCC(O)(c2ccc(Cl)cc2)CC1. The third-order valence-corrected chi connectivity index (χ3v) is 6.11. The summed E-state index contributed by atoms with van der Waals surface area (Å²) in [6.45, 7) is 1.40. The first-order chi connectivity index (χ1) is 12.9. The maximum absolute atomic E-state index is 12.8. The van der Waals surface area contributed by atoms with Gasteiger partial charge in [-0.05, 0) is 54.8 Å². The molecule has 0 bridgehead atoms. The van der Waals surface area contributed by atoms with Gasteiger partial charge in [0.2, 0.25) is 5.91 Å². The second-order valence-corrected chi connectivity index (χ2v) is 8.42. The number of hydrogen-bond acceptors (Lipinski definition) is 2. The van der Waals surface area contributed by atoms with E-state index in [0.29, 0.717) is 37.5 Å². The number of likely N-dealkylation sites (tertiary alicyclic amines) is 1. The van der Waals surface area contributed by atoms with Gasteiger partial charge in [0, 0.05) is 39.7 Å². The van der Waals surface area contributed by atoms with Crippen molar-refractivity contribution < 1.29 is 9.90 Å². The number of nitrogens with zero attached hydrogens (tertiary/aromatic N) is 2. The summed E-state index contributed by atoms with van der Waals surface area (Å²) in [5, 5.41) is 12.7. The highest BCUT2D eigenvalue weighted by Gasteiger charge is 2.35. The number of carbonyl (C=O) groups is 1. The highest BCUT2D eigenvalue weighted by Crippen LogP contribution is 2.33. The molecular formula is C21H20BrClN2O2. The molecule has 0 atom stereocenters. The van der Waals surface area contributed by atoms with E-state index in [1.54, 1.807) is 12.1 Å². The van der Waals surface area contributed by atoms with Gasteiger partial charge in [-0.2, -0.15) is 0 Å². The quantitative estimate of drug-likeness (QED) is 0.639. The molecule has 4 nitrogen and oxygen atoms in total. The topological polar surface area (TPSA) is 45.5 Å². The average Bonchev–Trinajstić information content (AvgIpc) is 3.04. The molecule has 27 heavy (non-hydrogen) atoms. The summed E-state index contributed by atoms with van der Waals surface area (Å²) in [6.07, 6.45) is 3.00. The molecule has 2 aromatic carbocycles. The van der Waals surface area contributed by atoms with E-state index >= 15 is 0 Å². The van der Waals surface area contributed by atoms with Gasteiger partial charge in [-0.3, -0.25) is 4.79 Å². The second kappa shape index (κ2) is 7.30. The number of aliphatic hydroxyl groups is 1. The van der Waals surface area contributed by atoms with E-state index in [1.807, 2.05) is 52.1 Å². The molecule has 3 aromatic rings. The Balaban J connectivity index is 1.43. The molecule has 0 aliphatic carbocycles. The zero-order valence-corrected chi connectivity index (χ0v) is 17.1. The molecule has 2 heterocycles. The number of piperidine rings is 1. The molecule has 140 valence electrons. The minimum Gasteiger partial charge on any atom is -0.385 e. The molecule has 1 N–H and O–H groups in total. The Morgan fingerprint density at radius 3 is 2.52 bits per heavy atom. The largest absolute Gasteiger partial charge is 0.385 e. The highest BCUT2D eigenvalue weighted by atomic mass is 79.9. The number of aromatic nitrogens is 1. The van der Waals surface area contributed by atoms with Crippen LogP contribution in [-0.2, 0) is 16.9 Å². The third kappa shape index (κ3) is 3.77. The molecule has 1 aromatic heterocycles. The van der Waals surface area contributed by atoms with Gasteiger partial charge in [0.25, 0.3) is 0 Å². The molecule has 1 amide bonds. The molecular weight excluding hydrogens is 428 g/mol. The Hall–Kier alpha value is -1.82. The van der Waals surface area contributed by atoms with Crippen molar-refractivity contribution in [3.05, 3.63) is 69.8 Å². The Morgan fingerprint density at radius 1 is 1.11 bits per heavy atom. The van der Waals surface area contributed by atoms with Crippen molar-refractivity contribution in [2.24, 2.45) is 0 Å². The van der Waals surface area contributed by atoms with Crippen LogP contribution in [0.2, 0.25) is 5.02 Å². The first-order valence-corrected chi connectivity index (χ1v) is 10.1. The van der Waals surface area contributed by atoms with Gasteiger partial charge >= 0.3 is 0 Å². The fourth-order valence-corrected chi connectivity index (χ4v) is 4.23. The van der Waals surface area contributed by atoms with Crippen LogP contribution in [0.4, 0.5) is 0 Å². The summed E-state index contributed by atoms with van der Waals surface area (Å²) >= 11 is 9.41. The van der Waals surface area contributed by atoms with Crippen LogP contribution in [0.3, 0.4) is 0 Å². The lowest BCUT2D eigenvalue weighted by Gasteiger charge is -2.38. The number of carbonyl (C=O) groups excluding carboxylic acids is 1. The Labute approximate surface area is 171 Å². The molecule has 6 heteroatoms. The number of fused-ring (bicyclic) bond motifs is 1. The van der Waals surface area contributed by atoms with E-state index in [1.165, 1.54) is 0 Å². The third-order valence-electron chi connectivity index (χ3n) is 5.36. The van der Waals surface area contributed by atoms with E-state index in [0.717, 1.165) is 20.9 Å². The Morgan fingerprint density at radius 2 is 1.81 bits per heavy atom. The number of hydrogen-bond donors (Lipinski definition) is 1. The molecule has 0 saturated carbocycles. The number of benzene rings is 2. The van der Waals surface area contributed by atoms with Crippen LogP contribution in [0.1, 0.15) is 18.4 Å². The van der Waals surface area contributed by atoms with Crippen LogP contribution in [0, 0.1) is 0 Å². The van der Waals surface area contributed by atoms with Crippen molar-refractivity contribution in [3.63, 3.8) is 0 Å². The molecule has 1 aliphatic rings. The van der Waals surface area contributed by atoms with Gasteiger partial charge in [-0.25, -0.2) is 0 Å². The summed E-state index contributed by atoms with van der Waals surface area (Å²) in [5.41, 5.74) is 1.01. The zero-order chi connectivity index (χ0) is 19.0. The first kappa shape index (κ1) is 18.5. The van der Waals surface area contributed by atoms with Crippen LogP contribution >= 0.6 is 27.5 Å². The minimum absolute atomic E-state index is 0.0774. The van der Waals surface area contributed by atoms with Crippen LogP contribution < -0.4 is 0 Å². The standard InChI is InChI=1S/C21H20BrClN2O2/c22-17-3-6-19-15(13-17)7-10-25(19)14-20(26)24-11-8-21(27,9-12-24)16-1-4-18(23)5-2-16/h1-7,10,13,27H,8-9,11-12,14H2. The van der Waals surface area contributed by atoms with Crippen molar-refractivity contribution in [1.29, 1.82) is 0 Å². The van der Waals surface area contributed by atoms with E-state index in [2.05, 4.69) is 15.9 Å². The summed E-state index contributed by atoms with van der Waals surface area (Å²) in [7, 11) is 0. The van der Waals surface area contributed by atoms with Gasteiger partial charge in [-0.1, -0.05) is 39.7 Å². The van der Waals surface area contributed by atoms with Crippen LogP contribution in [0.15, 0.2) is 59.2 Å². The molecule has 4 rings (SSSR count). The smallest absolute Gasteiger partial charge is 0.242 e. The van der Waals surface area contributed by atoms with Gasteiger partial charge in [0.1, 0.15) is 6.54 Å². The fourth-order valence-electron chi connectivity index (χ4n) is 3.73. The molecule has 1 aliphatic heterocycles. The van der Waals surface area contributed by atoms with Crippen molar-refractivity contribution >= 4 is 44.3 Å². The summed E-state index contributed by atoms with van der Waals surface area (Å²) in [5.74, 6) is 0.0774. The normalized spacial score (nSPS) is 16.6. The lowest BCUT2D eigenvalue weighted by atomic mass is 9.84. The number of halogens is 2. The van der Waals surface area contributed by atoms with E-state index in [-0.39, 0.29) is 5.91 Å². The average molecular weight is 448 g/mol. The molecule has 0 radical (unpaired) electrons. The van der Waals surface area contributed by atoms with Gasteiger partial charge in [0.15, 0.2) is 0 Å². The van der Waals surface area contributed by atoms with Gasteiger partial charge in [0.05, 0.1) is 5.60 Å². The van der Waals surface area contributed by atoms with Crippen molar-refractivity contribution in [3.8, 4) is 0 Å². The molecule has 0 spiro atoms. The maximum atomic E-state index is 12.8. The van der Waals surface area contributed by atoms with Crippen LogP contribution in [-0.4, -0.2) is 33.6 Å². The van der Waals surface area contributed by atoms with E-state index in [4.69, 9.17) is 11.6 Å². The summed E-state index contributed by atoms with van der Waals surface area (Å²) in [6, 6.07) is 15.4. The highest BCUT2D eigenvalue weighted by molar-refractivity contribution is 9.10. The predicted octanol–water partition coefficient (Wildman–Crippen LogP) is 4.57. The van der Waals surface area contributed by atoms with E-state index in [9.17, 15) is 9.90 Å². The number of rotatable bonds is 3. The molecule has 1 saturated heterocycles. The van der Waals surface area contributed by atoms with Crippen LogP contribution in [0.25, 0.3) is 10.9 Å². The predicted molar refractivity (Wildman–Crippen MR) is 111 cm³/mol. The zero-order valence-electron chi connectivity index (χ0n) is 14.7. The Bertz CT molecular complexity index is 976. The second-order valence-electron chi connectivity index (χ2n) is 7.07. The molecule has 0 unspecified atom stereocenters. The first-order valence-electron chi connectivity index (χ1n) is 8.95. The van der Waals surface area contributed by atoms with Gasteiger partial charge in [-0.15, -0.1) is 0 Å². The maximum Gasteiger partial charge on any atom is 0.242 e. The van der Waals surface area contributed by atoms with E-state index < -0.39 is 5.60 Å². The lowest BCUT2D eigenvalue weighted by molar-refractivity contribution is -0.136. The summed E-state index contributed by atoms with van der Waals surface area (Å²) in [4.78, 5) is 14.6.